The first kappa shape index (κ1) is 18.0. The van der Waals surface area contributed by atoms with Crippen molar-refractivity contribution in [3.8, 4) is 0 Å². The number of carboxylic acids is 1. The normalized spacial score (nSPS) is 12.5. The number of ether oxygens (including phenoxy) is 1. The maximum Gasteiger partial charge on any atom is 0.410 e. The zero-order valence-electron chi connectivity index (χ0n) is 13.7. The van der Waals surface area contributed by atoms with Gasteiger partial charge in [-0.1, -0.05) is 30.3 Å². The molecule has 1 N–H and O–H groups in total. The monoisotopic (exact) mass is 307 g/mol. The molecule has 5 heteroatoms. The Kier molecular flexibility index (Phi) is 6.40. The third-order valence-corrected chi connectivity index (χ3v) is 3.10. The Morgan fingerprint density at radius 1 is 1.23 bits per heavy atom. The maximum atomic E-state index is 12.3. The fraction of sp³-hybridized carbons (Fsp3) is 0.529. The van der Waals surface area contributed by atoms with Crippen LogP contribution in [0.4, 0.5) is 4.79 Å². The molecule has 0 bridgehead atoms. The Labute approximate surface area is 131 Å². The van der Waals surface area contributed by atoms with Crippen LogP contribution in [-0.4, -0.2) is 40.3 Å². The van der Waals surface area contributed by atoms with E-state index in [4.69, 9.17) is 9.84 Å². The molecule has 1 atom stereocenters. The summed E-state index contributed by atoms with van der Waals surface area (Å²) in [5.74, 6) is -0.930. The first-order valence-electron chi connectivity index (χ1n) is 7.44. The fourth-order valence-corrected chi connectivity index (χ4v) is 2.09. The van der Waals surface area contributed by atoms with Crippen molar-refractivity contribution < 1.29 is 19.4 Å². The summed E-state index contributed by atoms with van der Waals surface area (Å²) in [5, 5.41) is 8.87. The van der Waals surface area contributed by atoms with Crippen molar-refractivity contribution in [3.05, 3.63) is 35.9 Å². The summed E-state index contributed by atoms with van der Waals surface area (Å²) in [6.45, 7) is 7.42. The minimum Gasteiger partial charge on any atom is -0.481 e. The Balaban J connectivity index is 2.79. The highest BCUT2D eigenvalue weighted by Crippen LogP contribution is 2.15. The van der Waals surface area contributed by atoms with E-state index in [1.807, 2.05) is 37.3 Å². The van der Waals surface area contributed by atoms with Crippen molar-refractivity contribution in [2.75, 3.05) is 6.54 Å². The van der Waals surface area contributed by atoms with Crippen LogP contribution in [0.3, 0.4) is 0 Å². The topological polar surface area (TPSA) is 66.8 Å². The summed E-state index contributed by atoms with van der Waals surface area (Å²) in [6.07, 6.45) is 0.0788. The van der Waals surface area contributed by atoms with E-state index in [-0.39, 0.29) is 19.0 Å². The molecule has 0 aliphatic carbocycles. The standard InChI is InChI=1S/C17H25NO4/c1-13(12-14-8-6-5-7-9-14)18(11-10-15(19)20)16(21)22-17(2,3)4/h5-9,13H,10-12H2,1-4H3,(H,19,20). The van der Waals surface area contributed by atoms with Crippen LogP contribution in [-0.2, 0) is 16.0 Å². The lowest BCUT2D eigenvalue weighted by molar-refractivity contribution is -0.137. The second kappa shape index (κ2) is 7.82. The van der Waals surface area contributed by atoms with Gasteiger partial charge < -0.3 is 14.7 Å². The lowest BCUT2D eigenvalue weighted by atomic mass is 10.1. The molecule has 1 aromatic rings. The SMILES string of the molecule is CC(Cc1ccccc1)N(CCC(=O)O)C(=O)OC(C)(C)C. The summed E-state index contributed by atoms with van der Waals surface area (Å²) in [5.41, 5.74) is 0.490. The van der Waals surface area contributed by atoms with E-state index < -0.39 is 17.7 Å². The number of hydrogen-bond donors (Lipinski definition) is 1. The minimum atomic E-state index is -0.930. The van der Waals surface area contributed by atoms with Crippen LogP contribution in [0.5, 0.6) is 0 Å². The number of rotatable bonds is 6. The molecule has 0 aliphatic heterocycles. The predicted molar refractivity (Wildman–Crippen MR) is 84.8 cm³/mol. The van der Waals surface area contributed by atoms with Crippen molar-refractivity contribution >= 4 is 12.1 Å². The Hall–Kier alpha value is -2.04. The molecule has 0 saturated carbocycles. The number of aliphatic carboxylic acids is 1. The van der Waals surface area contributed by atoms with Gasteiger partial charge in [0, 0.05) is 12.6 Å². The first-order valence-corrected chi connectivity index (χ1v) is 7.44. The second-order valence-corrected chi connectivity index (χ2v) is 6.36. The molecule has 1 amide bonds. The highest BCUT2D eigenvalue weighted by atomic mass is 16.6. The fourth-order valence-electron chi connectivity index (χ4n) is 2.09. The van der Waals surface area contributed by atoms with Gasteiger partial charge in [-0.3, -0.25) is 4.79 Å². The van der Waals surface area contributed by atoms with Gasteiger partial charge in [0.05, 0.1) is 6.42 Å². The van der Waals surface area contributed by atoms with E-state index in [1.54, 1.807) is 20.8 Å². The number of nitrogens with zero attached hydrogens (tertiary/aromatic N) is 1. The first-order chi connectivity index (χ1) is 10.2. The number of carboxylic acid groups (broad SMARTS) is 1. The van der Waals surface area contributed by atoms with Gasteiger partial charge in [-0.2, -0.15) is 0 Å². The van der Waals surface area contributed by atoms with E-state index in [1.165, 1.54) is 4.90 Å². The average Bonchev–Trinajstić information content (AvgIpc) is 2.37. The van der Waals surface area contributed by atoms with Crippen LogP contribution in [0.25, 0.3) is 0 Å². The van der Waals surface area contributed by atoms with Gasteiger partial charge in [-0.25, -0.2) is 4.79 Å². The molecule has 0 saturated heterocycles. The van der Waals surface area contributed by atoms with E-state index in [0.29, 0.717) is 6.42 Å². The summed E-state index contributed by atoms with van der Waals surface area (Å²) >= 11 is 0. The van der Waals surface area contributed by atoms with E-state index >= 15 is 0 Å². The minimum absolute atomic E-state index is 0.0988. The molecule has 1 rings (SSSR count). The quantitative estimate of drug-likeness (QED) is 0.875. The van der Waals surface area contributed by atoms with Gasteiger partial charge in [0.25, 0.3) is 0 Å². The van der Waals surface area contributed by atoms with Gasteiger partial charge in [0.15, 0.2) is 0 Å². The third kappa shape index (κ3) is 6.61. The maximum absolute atomic E-state index is 12.3. The molecule has 22 heavy (non-hydrogen) atoms. The van der Waals surface area contributed by atoms with Gasteiger partial charge in [0.1, 0.15) is 5.60 Å². The zero-order valence-corrected chi connectivity index (χ0v) is 13.7. The van der Waals surface area contributed by atoms with Crippen LogP contribution >= 0.6 is 0 Å². The summed E-state index contributed by atoms with van der Waals surface area (Å²) < 4.78 is 5.39. The number of amides is 1. The Bertz CT molecular complexity index is 493. The van der Waals surface area contributed by atoms with Crippen molar-refractivity contribution in [3.63, 3.8) is 0 Å². The van der Waals surface area contributed by atoms with Gasteiger partial charge in [0.2, 0.25) is 0 Å². The molecular formula is C17H25NO4. The molecule has 122 valence electrons. The van der Waals surface area contributed by atoms with Crippen LogP contribution < -0.4 is 0 Å². The molecular weight excluding hydrogens is 282 g/mol. The van der Waals surface area contributed by atoms with E-state index in [9.17, 15) is 9.59 Å². The van der Waals surface area contributed by atoms with Crippen molar-refractivity contribution in [2.24, 2.45) is 0 Å². The number of hydrogen-bond acceptors (Lipinski definition) is 3. The third-order valence-electron chi connectivity index (χ3n) is 3.10. The highest BCUT2D eigenvalue weighted by Gasteiger charge is 2.26. The summed E-state index contributed by atoms with van der Waals surface area (Å²) in [7, 11) is 0. The van der Waals surface area contributed by atoms with Crippen LogP contribution in [0.2, 0.25) is 0 Å². The molecule has 5 nitrogen and oxygen atoms in total. The largest absolute Gasteiger partial charge is 0.481 e. The van der Waals surface area contributed by atoms with Crippen molar-refractivity contribution in [2.45, 2.75) is 52.2 Å². The molecule has 1 unspecified atom stereocenters. The van der Waals surface area contributed by atoms with Crippen LogP contribution in [0, 0.1) is 0 Å². The smallest absolute Gasteiger partial charge is 0.410 e. The predicted octanol–water partition coefficient (Wildman–Crippen LogP) is 3.33. The molecule has 0 radical (unpaired) electrons. The molecule has 0 aromatic heterocycles. The zero-order chi connectivity index (χ0) is 16.8. The Morgan fingerprint density at radius 2 is 1.82 bits per heavy atom. The van der Waals surface area contributed by atoms with Gasteiger partial charge in [-0.15, -0.1) is 0 Å². The second-order valence-electron chi connectivity index (χ2n) is 6.36. The van der Waals surface area contributed by atoms with Gasteiger partial charge >= 0.3 is 12.1 Å². The van der Waals surface area contributed by atoms with Crippen LogP contribution in [0.1, 0.15) is 39.7 Å². The molecule has 1 aromatic carbocycles. The lowest BCUT2D eigenvalue weighted by Gasteiger charge is -2.31. The summed E-state index contributed by atoms with van der Waals surface area (Å²) in [6, 6.07) is 9.65. The van der Waals surface area contributed by atoms with Crippen molar-refractivity contribution in [1.82, 2.24) is 4.90 Å². The summed E-state index contributed by atoms with van der Waals surface area (Å²) in [4.78, 5) is 24.6. The lowest BCUT2D eigenvalue weighted by Crippen LogP contribution is -2.44. The van der Waals surface area contributed by atoms with Gasteiger partial charge in [-0.05, 0) is 39.7 Å². The van der Waals surface area contributed by atoms with E-state index in [0.717, 1.165) is 5.56 Å². The highest BCUT2D eigenvalue weighted by molar-refractivity contribution is 5.71. The Morgan fingerprint density at radius 3 is 2.32 bits per heavy atom. The molecule has 0 fully saturated rings. The van der Waals surface area contributed by atoms with E-state index in [2.05, 4.69) is 0 Å². The molecule has 0 aliphatic rings. The van der Waals surface area contributed by atoms with Crippen molar-refractivity contribution in [1.29, 1.82) is 0 Å². The number of carbonyl (C=O) groups is 2. The van der Waals surface area contributed by atoms with Crippen LogP contribution in [0.15, 0.2) is 30.3 Å². The number of carbonyl (C=O) groups excluding carboxylic acids is 1. The molecule has 0 spiro atoms. The molecule has 0 heterocycles. The average molecular weight is 307 g/mol. The number of benzene rings is 1.